The van der Waals surface area contributed by atoms with Gasteiger partial charge in [-0.25, -0.2) is 4.79 Å². The molecule has 2 aromatic rings. The van der Waals surface area contributed by atoms with Crippen LogP contribution in [0.2, 0.25) is 0 Å². The molecule has 132 valence electrons. The molecule has 0 unspecified atom stereocenters. The van der Waals surface area contributed by atoms with Gasteiger partial charge in [0.1, 0.15) is 11.4 Å². The van der Waals surface area contributed by atoms with Crippen molar-refractivity contribution in [3.05, 3.63) is 52.7 Å². The molecule has 1 aliphatic carbocycles. The molecule has 1 saturated carbocycles. The zero-order chi connectivity index (χ0) is 18.0. The molecule has 5 heteroatoms. The first kappa shape index (κ1) is 17.3. The number of carbonyl (C=O) groups is 2. The summed E-state index contributed by atoms with van der Waals surface area (Å²) in [5.74, 6) is -0.862. The van der Waals surface area contributed by atoms with Crippen molar-refractivity contribution < 1.29 is 14.7 Å². The number of nitrogens with zero attached hydrogens (tertiary/aromatic N) is 1. The summed E-state index contributed by atoms with van der Waals surface area (Å²) >= 11 is 0. The zero-order valence-electron chi connectivity index (χ0n) is 14.7. The van der Waals surface area contributed by atoms with Crippen LogP contribution in [0, 0.1) is 13.8 Å². The van der Waals surface area contributed by atoms with Crippen molar-refractivity contribution in [2.45, 2.75) is 52.0 Å². The molecular weight excluding hydrogens is 316 g/mol. The summed E-state index contributed by atoms with van der Waals surface area (Å²) in [6, 6.07) is 9.13. The molecule has 0 atom stereocenters. The van der Waals surface area contributed by atoms with Gasteiger partial charge in [0.2, 0.25) is 0 Å². The van der Waals surface area contributed by atoms with Crippen LogP contribution in [0.5, 0.6) is 0 Å². The van der Waals surface area contributed by atoms with Gasteiger partial charge < -0.3 is 15.0 Å². The van der Waals surface area contributed by atoms with Gasteiger partial charge in [0, 0.05) is 17.3 Å². The van der Waals surface area contributed by atoms with E-state index in [-0.39, 0.29) is 17.5 Å². The molecule has 1 aromatic carbocycles. The summed E-state index contributed by atoms with van der Waals surface area (Å²) in [4.78, 5) is 24.5. The van der Waals surface area contributed by atoms with E-state index in [4.69, 9.17) is 0 Å². The van der Waals surface area contributed by atoms with Crippen LogP contribution >= 0.6 is 0 Å². The highest BCUT2D eigenvalue weighted by Gasteiger charge is 2.28. The summed E-state index contributed by atoms with van der Waals surface area (Å²) in [6.45, 7) is 3.75. The summed E-state index contributed by atoms with van der Waals surface area (Å²) < 4.78 is 2.04. The Bertz CT molecular complexity index is 787. The number of benzene rings is 1. The van der Waals surface area contributed by atoms with Crippen LogP contribution in [0.3, 0.4) is 0 Å². The predicted molar refractivity (Wildman–Crippen MR) is 97.4 cm³/mol. The molecule has 0 bridgehead atoms. The van der Waals surface area contributed by atoms with E-state index in [1.807, 2.05) is 24.5 Å². The quantitative estimate of drug-likeness (QED) is 0.857. The highest BCUT2D eigenvalue weighted by Crippen LogP contribution is 2.37. The van der Waals surface area contributed by atoms with Crippen molar-refractivity contribution in [1.29, 1.82) is 0 Å². The average molecular weight is 340 g/mol. The molecular formula is C20H24N2O3. The first-order valence-electron chi connectivity index (χ1n) is 8.81. The standard InChI is InChI=1S/C20H24N2O3/c1-13-14(2)22(16-11-7-4-8-12-16)18(17(13)20(24)25)21-19(23)15-9-5-3-6-10-15/h3,5-6,9-10,16H,4,7-8,11-12H2,1-2H3,(H,21,23)(H,24,25). The van der Waals surface area contributed by atoms with E-state index in [0.29, 0.717) is 11.4 Å². The van der Waals surface area contributed by atoms with Gasteiger partial charge in [0.05, 0.1) is 0 Å². The normalized spacial score (nSPS) is 15.1. The highest BCUT2D eigenvalue weighted by molar-refractivity contribution is 6.07. The Morgan fingerprint density at radius 3 is 2.32 bits per heavy atom. The van der Waals surface area contributed by atoms with Gasteiger partial charge >= 0.3 is 5.97 Å². The van der Waals surface area contributed by atoms with Crippen molar-refractivity contribution in [3.8, 4) is 0 Å². The Labute approximate surface area is 147 Å². The van der Waals surface area contributed by atoms with E-state index in [1.165, 1.54) is 6.42 Å². The number of aromatic nitrogens is 1. The molecule has 25 heavy (non-hydrogen) atoms. The maximum atomic E-state index is 12.6. The zero-order valence-corrected chi connectivity index (χ0v) is 14.7. The summed E-state index contributed by atoms with van der Waals surface area (Å²) in [7, 11) is 0. The monoisotopic (exact) mass is 340 g/mol. The topological polar surface area (TPSA) is 71.3 Å². The molecule has 2 N–H and O–H groups in total. The molecule has 0 radical (unpaired) electrons. The molecule has 1 heterocycles. The number of amides is 1. The molecule has 1 aromatic heterocycles. The minimum atomic E-state index is -1.00. The third-order valence-electron chi connectivity index (χ3n) is 5.18. The predicted octanol–water partition coefficient (Wildman–Crippen LogP) is 4.56. The Balaban J connectivity index is 2.04. The number of hydrogen-bond donors (Lipinski definition) is 2. The average Bonchev–Trinajstić information content (AvgIpc) is 2.87. The molecule has 0 aliphatic heterocycles. The van der Waals surface area contributed by atoms with E-state index in [2.05, 4.69) is 5.32 Å². The molecule has 0 spiro atoms. The number of carboxylic acids is 1. The number of anilines is 1. The van der Waals surface area contributed by atoms with E-state index in [1.54, 1.807) is 24.3 Å². The largest absolute Gasteiger partial charge is 0.478 e. The van der Waals surface area contributed by atoms with Crippen molar-refractivity contribution in [2.24, 2.45) is 0 Å². The van der Waals surface area contributed by atoms with Crippen LogP contribution in [0.4, 0.5) is 5.82 Å². The Kier molecular flexibility index (Phi) is 4.93. The third-order valence-corrected chi connectivity index (χ3v) is 5.18. The molecule has 3 rings (SSSR count). The van der Waals surface area contributed by atoms with Gasteiger partial charge in [-0.15, -0.1) is 0 Å². The van der Waals surface area contributed by atoms with Gasteiger partial charge in [0.15, 0.2) is 0 Å². The first-order valence-corrected chi connectivity index (χ1v) is 8.81. The molecule has 1 fully saturated rings. The van der Waals surface area contributed by atoms with Crippen LogP contribution in [0.1, 0.15) is 70.1 Å². The van der Waals surface area contributed by atoms with E-state index >= 15 is 0 Å². The SMILES string of the molecule is Cc1c(C(=O)O)c(NC(=O)c2ccccc2)n(C2CCCCC2)c1C. The minimum absolute atomic E-state index is 0.201. The fourth-order valence-corrected chi connectivity index (χ4v) is 3.78. The van der Waals surface area contributed by atoms with Gasteiger partial charge in [-0.3, -0.25) is 4.79 Å². The maximum Gasteiger partial charge on any atom is 0.339 e. The van der Waals surface area contributed by atoms with E-state index in [0.717, 1.165) is 36.9 Å². The number of carboxylic acid groups (broad SMARTS) is 1. The smallest absolute Gasteiger partial charge is 0.339 e. The second-order valence-electron chi connectivity index (χ2n) is 6.72. The Morgan fingerprint density at radius 1 is 1.08 bits per heavy atom. The fourth-order valence-electron chi connectivity index (χ4n) is 3.78. The Hall–Kier alpha value is -2.56. The summed E-state index contributed by atoms with van der Waals surface area (Å²) in [5, 5.41) is 12.6. The van der Waals surface area contributed by atoms with E-state index < -0.39 is 5.97 Å². The van der Waals surface area contributed by atoms with Crippen molar-refractivity contribution in [2.75, 3.05) is 5.32 Å². The van der Waals surface area contributed by atoms with Crippen LogP contribution in [0.15, 0.2) is 30.3 Å². The number of rotatable bonds is 4. The number of aromatic carboxylic acids is 1. The summed E-state index contributed by atoms with van der Waals surface area (Å²) in [5.41, 5.74) is 2.37. The number of nitrogens with one attached hydrogen (secondary N) is 1. The van der Waals surface area contributed by atoms with E-state index in [9.17, 15) is 14.7 Å². The lowest BCUT2D eigenvalue weighted by Crippen LogP contribution is -2.21. The van der Waals surface area contributed by atoms with Gasteiger partial charge in [-0.1, -0.05) is 37.5 Å². The molecule has 1 amide bonds. The lowest BCUT2D eigenvalue weighted by molar-refractivity contribution is 0.0697. The number of hydrogen-bond acceptors (Lipinski definition) is 2. The molecule has 1 aliphatic rings. The van der Waals surface area contributed by atoms with Crippen molar-refractivity contribution >= 4 is 17.7 Å². The van der Waals surface area contributed by atoms with Crippen molar-refractivity contribution in [1.82, 2.24) is 4.57 Å². The van der Waals surface area contributed by atoms with Crippen LogP contribution in [0.25, 0.3) is 0 Å². The first-order chi connectivity index (χ1) is 12.0. The maximum absolute atomic E-state index is 12.6. The Morgan fingerprint density at radius 2 is 1.72 bits per heavy atom. The lowest BCUT2D eigenvalue weighted by atomic mass is 9.95. The minimum Gasteiger partial charge on any atom is -0.478 e. The lowest BCUT2D eigenvalue weighted by Gasteiger charge is -2.27. The number of carbonyl (C=O) groups excluding carboxylic acids is 1. The second kappa shape index (κ2) is 7.13. The van der Waals surface area contributed by atoms with Gasteiger partial charge in [0.25, 0.3) is 5.91 Å². The highest BCUT2D eigenvalue weighted by atomic mass is 16.4. The second-order valence-corrected chi connectivity index (χ2v) is 6.72. The molecule has 5 nitrogen and oxygen atoms in total. The van der Waals surface area contributed by atoms with Crippen LogP contribution in [-0.4, -0.2) is 21.6 Å². The van der Waals surface area contributed by atoms with Crippen molar-refractivity contribution in [3.63, 3.8) is 0 Å². The van der Waals surface area contributed by atoms with Crippen LogP contribution < -0.4 is 5.32 Å². The van der Waals surface area contributed by atoms with Gasteiger partial charge in [-0.05, 0) is 44.4 Å². The summed E-state index contributed by atoms with van der Waals surface area (Å²) in [6.07, 6.45) is 5.52. The fraction of sp³-hybridized carbons (Fsp3) is 0.400. The molecule has 0 saturated heterocycles. The van der Waals surface area contributed by atoms with Crippen LogP contribution in [-0.2, 0) is 0 Å². The van der Waals surface area contributed by atoms with Gasteiger partial charge in [-0.2, -0.15) is 0 Å². The third kappa shape index (κ3) is 3.31.